The quantitative estimate of drug-likeness (QED) is 0.824. The van der Waals surface area contributed by atoms with E-state index in [1.165, 1.54) is 28.6 Å². The van der Waals surface area contributed by atoms with E-state index in [2.05, 4.69) is 60.2 Å². The van der Waals surface area contributed by atoms with Gasteiger partial charge in [-0.1, -0.05) is 36.2 Å². The van der Waals surface area contributed by atoms with Gasteiger partial charge < -0.3 is 5.32 Å². The lowest BCUT2D eigenvalue weighted by molar-refractivity contribution is 0.551. The minimum Gasteiger partial charge on any atom is -0.385 e. The van der Waals surface area contributed by atoms with Gasteiger partial charge in [-0.15, -0.1) is 0 Å². The highest BCUT2D eigenvalue weighted by Crippen LogP contribution is 2.20. The molecule has 0 spiro atoms. The van der Waals surface area contributed by atoms with Crippen LogP contribution in [0.5, 0.6) is 0 Å². The average molecular weight is 270 g/mol. The molecule has 84 valence electrons. The average Bonchev–Trinajstić information content (AvgIpc) is 2.20. The normalized spacial score (nSPS) is 12.5. The number of hydrogen-bond donors (Lipinski definition) is 1. The van der Waals surface area contributed by atoms with Crippen LogP contribution in [0.2, 0.25) is 0 Å². The molecular weight excluding hydrogens is 250 g/mol. The van der Waals surface area contributed by atoms with Gasteiger partial charge in [0, 0.05) is 16.7 Å². The molecule has 1 nitrogen and oxygen atoms in total. The summed E-state index contributed by atoms with van der Waals surface area (Å²) < 4.78 is 1.18. The fourth-order valence-corrected chi connectivity index (χ4v) is 1.89. The van der Waals surface area contributed by atoms with E-state index in [1.807, 2.05) is 0 Å². The van der Waals surface area contributed by atoms with E-state index in [-0.39, 0.29) is 0 Å². The van der Waals surface area contributed by atoms with E-state index in [0.29, 0.717) is 0 Å². The fraction of sp³-hybridized carbons (Fsp3) is 0.538. The summed E-state index contributed by atoms with van der Waals surface area (Å²) in [5.41, 5.74) is 2.50. The molecule has 15 heavy (non-hydrogen) atoms. The van der Waals surface area contributed by atoms with Gasteiger partial charge in [0.05, 0.1) is 0 Å². The summed E-state index contributed by atoms with van der Waals surface area (Å²) in [7, 11) is 0. The monoisotopic (exact) mass is 269 g/mol. The fourth-order valence-electron chi connectivity index (χ4n) is 1.64. The molecule has 0 saturated heterocycles. The summed E-state index contributed by atoms with van der Waals surface area (Å²) in [6, 6.07) is 6.40. The molecular formula is C13H20BrN. The van der Waals surface area contributed by atoms with Crippen LogP contribution in [0.4, 0.5) is 5.69 Å². The second-order valence-electron chi connectivity index (χ2n) is 4.24. The van der Waals surface area contributed by atoms with Crippen molar-refractivity contribution >= 4 is 21.6 Å². The number of aryl methyl sites for hydroxylation is 1. The van der Waals surface area contributed by atoms with Gasteiger partial charge >= 0.3 is 0 Å². The van der Waals surface area contributed by atoms with Crippen LogP contribution >= 0.6 is 15.9 Å². The predicted octanol–water partition coefficient (Wildman–Crippen LogP) is 4.61. The number of anilines is 1. The Morgan fingerprint density at radius 1 is 1.40 bits per heavy atom. The maximum absolute atomic E-state index is 3.51. The van der Waals surface area contributed by atoms with E-state index < -0.39 is 0 Å². The Labute approximate surface area is 101 Å². The van der Waals surface area contributed by atoms with Crippen LogP contribution in [0, 0.1) is 12.8 Å². The molecule has 0 heterocycles. The molecule has 0 aromatic heterocycles. The molecule has 0 bridgehead atoms. The van der Waals surface area contributed by atoms with Crippen molar-refractivity contribution in [2.45, 2.75) is 33.6 Å². The summed E-state index contributed by atoms with van der Waals surface area (Å²) in [6.45, 7) is 7.71. The van der Waals surface area contributed by atoms with E-state index in [1.54, 1.807) is 0 Å². The Bertz CT molecular complexity index is 309. The number of nitrogens with one attached hydrogen (secondary N) is 1. The number of rotatable bonds is 5. The highest BCUT2D eigenvalue weighted by Gasteiger charge is 2.01. The van der Waals surface area contributed by atoms with Crippen LogP contribution in [0.25, 0.3) is 0 Å². The highest BCUT2D eigenvalue weighted by molar-refractivity contribution is 9.10. The van der Waals surface area contributed by atoms with Crippen molar-refractivity contribution in [3.05, 3.63) is 28.2 Å². The molecule has 0 saturated carbocycles. The van der Waals surface area contributed by atoms with E-state index in [4.69, 9.17) is 0 Å². The van der Waals surface area contributed by atoms with Crippen molar-refractivity contribution in [2.75, 3.05) is 11.9 Å². The predicted molar refractivity (Wildman–Crippen MR) is 71.4 cm³/mol. The third kappa shape index (κ3) is 4.25. The molecule has 0 radical (unpaired) electrons. The molecule has 1 atom stereocenters. The van der Waals surface area contributed by atoms with Crippen molar-refractivity contribution in [1.29, 1.82) is 0 Å². The highest BCUT2D eigenvalue weighted by atomic mass is 79.9. The van der Waals surface area contributed by atoms with Crippen LogP contribution in [0.15, 0.2) is 22.7 Å². The van der Waals surface area contributed by atoms with Crippen molar-refractivity contribution in [3.63, 3.8) is 0 Å². The molecule has 1 unspecified atom stereocenters. The molecule has 2 heteroatoms. The smallest absolute Gasteiger partial charge is 0.0343 e. The lowest BCUT2D eigenvalue weighted by atomic mass is 10.1. The summed E-state index contributed by atoms with van der Waals surface area (Å²) in [6.07, 6.45) is 2.56. The maximum Gasteiger partial charge on any atom is 0.0343 e. The Balaban J connectivity index is 2.47. The molecule has 0 aliphatic rings. The molecule has 0 fully saturated rings. The van der Waals surface area contributed by atoms with Gasteiger partial charge in [-0.05, 0) is 43.0 Å². The van der Waals surface area contributed by atoms with E-state index >= 15 is 0 Å². The molecule has 1 rings (SSSR count). The van der Waals surface area contributed by atoms with Gasteiger partial charge in [0.25, 0.3) is 0 Å². The van der Waals surface area contributed by atoms with Gasteiger partial charge in [-0.25, -0.2) is 0 Å². The number of halogens is 1. The van der Waals surface area contributed by atoms with Crippen LogP contribution in [-0.4, -0.2) is 6.54 Å². The van der Waals surface area contributed by atoms with Crippen LogP contribution in [-0.2, 0) is 0 Å². The zero-order chi connectivity index (χ0) is 11.3. The first-order valence-electron chi connectivity index (χ1n) is 5.63. The topological polar surface area (TPSA) is 12.0 Å². The van der Waals surface area contributed by atoms with Crippen LogP contribution in [0.3, 0.4) is 0 Å². The Morgan fingerprint density at radius 3 is 2.73 bits per heavy atom. The van der Waals surface area contributed by atoms with Gasteiger partial charge in [0.15, 0.2) is 0 Å². The van der Waals surface area contributed by atoms with E-state index in [9.17, 15) is 0 Å². The number of benzene rings is 1. The van der Waals surface area contributed by atoms with Crippen molar-refractivity contribution in [1.82, 2.24) is 0 Å². The minimum absolute atomic E-state index is 0.749. The van der Waals surface area contributed by atoms with Gasteiger partial charge in [0.1, 0.15) is 0 Å². The lowest BCUT2D eigenvalue weighted by Crippen LogP contribution is -2.10. The Morgan fingerprint density at radius 2 is 2.13 bits per heavy atom. The maximum atomic E-state index is 3.51. The molecule has 0 aliphatic carbocycles. The second-order valence-corrected chi connectivity index (χ2v) is 5.09. The third-order valence-electron chi connectivity index (χ3n) is 2.59. The Kier molecular flexibility index (Phi) is 5.16. The largest absolute Gasteiger partial charge is 0.385 e. The third-order valence-corrected chi connectivity index (χ3v) is 3.48. The Hall–Kier alpha value is -0.500. The minimum atomic E-state index is 0.749. The summed E-state index contributed by atoms with van der Waals surface area (Å²) in [4.78, 5) is 0. The lowest BCUT2D eigenvalue weighted by Gasteiger charge is -2.13. The summed E-state index contributed by atoms with van der Waals surface area (Å²) in [5.74, 6) is 0.749. The van der Waals surface area contributed by atoms with Crippen molar-refractivity contribution < 1.29 is 0 Å². The van der Waals surface area contributed by atoms with Crippen LogP contribution < -0.4 is 5.32 Å². The standard InChI is InChI=1S/C13H20BrN/c1-4-5-10(2)9-15-12-6-7-13(14)11(3)8-12/h6-8,10,15H,4-5,9H2,1-3H3. The van der Waals surface area contributed by atoms with Gasteiger partial charge in [0.2, 0.25) is 0 Å². The first kappa shape index (κ1) is 12.6. The van der Waals surface area contributed by atoms with Crippen molar-refractivity contribution in [3.8, 4) is 0 Å². The molecule has 1 N–H and O–H groups in total. The second kappa shape index (κ2) is 6.16. The van der Waals surface area contributed by atoms with Gasteiger partial charge in [-0.2, -0.15) is 0 Å². The van der Waals surface area contributed by atoms with Crippen LogP contribution in [0.1, 0.15) is 32.3 Å². The zero-order valence-corrected chi connectivity index (χ0v) is 11.4. The summed E-state index contributed by atoms with van der Waals surface area (Å²) >= 11 is 3.51. The SMILES string of the molecule is CCCC(C)CNc1ccc(Br)c(C)c1. The van der Waals surface area contributed by atoms with Crippen molar-refractivity contribution in [2.24, 2.45) is 5.92 Å². The van der Waals surface area contributed by atoms with E-state index in [0.717, 1.165) is 12.5 Å². The molecule has 0 aliphatic heterocycles. The van der Waals surface area contributed by atoms with Gasteiger partial charge in [-0.3, -0.25) is 0 Å². The number of hydrogen-bond acceptors (Lipinski definition) is 1. The molecule has 1 aromatic carbocycles. The zero-order valence-electron chi connectivity index (χ0n) is 9.81. The molecule has 1 aromatic rings. The summed E-state index contributed by atoms with van der Waals surface area (Å²) in [5, 5.41) is 3.48. The first-order chi connectivity index (χ1) is 7.13. The first-order valence-corrected chi connectivity index (χ1v) is 6.42. The molecule has 0 amide bonds.